The number of fused-ring (bicyclic) bond motifs is 1. The zero-order valence-corrected chi connectivity index (χ0v) is 9.94. The molecule has 0 aromatic heterocycles. The van der Waals surface area contributed by atoms with Crippen LogP contribution in [0.15, 0.2) is 29.4 Å². The van der Waals surface area contributed by atoms with Gasteiger partial charge < -0.3 is 5.73 Å². The molecular formula is C13H17N3O. The number of nitrogens with two attached hydrogens (primary N) is 1. The largest absolute Gasteiger partial charge is 0.350 e. The van der Waals surface area contributed by atoms with E-state index in [9.17, 15) is 4.79 Å². The number of amides is 2. The van der Waals surface area contributed by atoms with Gasteiger partial charge in [-0.2, -0.15) is 5.10 Å². The first-order valence-corrected chi connectivity index (χ1v) is 5.86. The number of carbonyl (C=O) groups excluding carboxylic acids is 1. The Morgan fingerprint density at radius 3 is 3.00 bits per heavy atom. The molecule has 17 heavy (non-hydrogen) atoms. The van der Waals surface area contributed by atoms with Crippen molar-refractivity contribution in [3.63, 3.8) is 0 Å². The molecule has 0 unspecified atom stereocenters. The van der Waals surface area contributed by atoms with Crippen molar-refractivity contribution >= 4 is 11.7 Å². The third-order valence-corrected chi connectivity index (χ3v) is 3.22. The summed E-state index contributed by atoms with van der Waals surface area (Å²) in [6.07, 6.45) is 3.36. The average Bonchev–Trinajstić information content (AvgIpc) is 2.35. The van der Waals surface area contributed by atoms with Crippen LogP contribution in [0.5, 0.6) is 0 Å². The second-order valence-corrected chi connectivity index (χ2v) is 4.37. The Morgan fingerprint density at radius 2 is 2.24 bits per heavy atom. The van der Waals surface area contributed by atoms with Crippen molar-refractivity contribution in [1.29, 1.82) is 0 Å². The van der Waals surface area contributed by atoms with Crippen molar-refractivity contribution < 1.29 is 4.79 Å². The van der Waals surface area contributed by atoms with Crippen molar-refractivity contribution in [3.8, 4) is 0 Å². The van der Waals surface area contributed by atoms with Gasteiger partial charge in [0.2, 0.25) is 0 Å². The molecule has 0 radical (unpaired) electrons. The Morgan fingerprint density at radius 1 is 1.47 bits per heavy atom. The monoisotopic (exact) mass is 231 g/mol. The SMILES string of the molecule is C/C(=N\NC(N)=O)[C@H]1CCCc2ccccc21. The minimum Gasteiger partial charge on any atom is -0.350 e. The van der Waals surface area contributed by atoms with E-state index in [1.54, 1.807) is 0 Å². The molecule has 0 heterocycles. The van der Waals surface area contributed by atoms with Crippen LogP contribution in [0.25, 0.3) is 0 Å². The van der Waals surface area contributed by atoms with Gasteiger partial charge in [0.05, 0.1) is 0 Å². The number of carbonyl (C=O) groups is 1. The molecule has 1 aliphatic carbocycles. The lowest BCUT2D eigenvalue weighted by Crippen LogP contribution is -2.27. The highest BCUT2D eigenvalue weighted by atomic mass is 16.2. The van der Waals surface area contributed by atoms with Crippen LogP contribution in [-0.4, -0.2) is 11.7 Å². The first-order valence-electron chi connectivity index (χ1n) is 5.86. The first-order chi connectivity index (χ1) is 8.18. The van der Waals surface area contributed by atoms with Gasteiger partial charge in [-0.1, -0.05) is 24.3 Å². The van der Waals surface area contributed by atoms with Crippen LogP contribution in [0, 0.1) is 0 Å². The number of hydrogen-bond acceptors (Lipinski definition) is 2. The number of primary amides is 1. The second-order valence-electron chi connectivity index (χ2n) is 4.37. The maximum Gasteiger partial charge on any atom is 0.332 e. The Hall–Kier alpha value is -1.84. The van der Waals surface area contributed by atoms with Gasteiger partial charge in [0.1, 0.15) is 0 Å². The van der Waals surface area contributed by atoms with E-state index in [2.05, 4.69) is 28.7 Å². The number of nitrogens with zero attached hydrogens (tertiary/aromatic N) is 1. The third kappa shape index (κ3) is 2.64. The number of nitrogens with one attached hydrogen (secondary N) is 1. The first kappa shape index (κ1) is 11.6. The molecule has 0 saturated heterocycles. The lowest BCUT2D eigenvalue weighted by Gasteiger charge is -2.25. The summed E-state index contributed by atoms with van der Waals surface area (Å²) in [4.78, 5) is 10.6. The molecule has 2 amide bonds. The maximum atomic E-state index is 10.6. The van der Waals surface area contributed by atoms with E-state index in [0.717, 1.165) is 25.0 Å². The summed E-state index contributed by atoms with van der Waals surface area (Å²) < 4.78 is 0. The van der Waals surface area contributed by atoms with Crippen LogP contribution in [0.1, 0.15) is 36.8 Å². The molecule has 1 aromatic carbocycles. The van der Waals surface area contributed by atoms with Crippen molar-refractivity contribution in [2.75, 3.05) is 0 Å². The summed E-state index contributed by atoms with van der Waals surface area (Å²) in [5.41, 5.74) is 10.9. The Bertz CT molecular complexity index is 454. The Balaban J connectivity index is 2.23. The molecule has 90 valence electrons. The van der Waals surface area contributed by atoms with Crippen molar-refractivity contribution in [3.05, 3.63) is 35.4 Å². The molecule has 0 spiro atoms. The molecule has 4 heteroatoms. The van der Waals surface area contributed by atoms with Gasteiger partial charge in [-0.15, -0.1) is 0 Å². The molecule has 1 aliphatic rings. The van der Waals surface area contributed by atoms with Crippen LogP contribution in [-0.2, 0) is 6.42 Å². The summed E-state index contributed by atoms with van der Waals surface area (Å²) in [5.74, 6) is 0.298. The van der Waals surface area contributed by atoms with Gasteiger partial charge in [-0.05, 0) is 37.3 Å². The molecule has 0 aliphatic heterocycles. The number of rotatable bonds is 2. The molecule has 1 atom stereocenters. The van der Waals surface area contributed by atoms with Crippen molar-refractivity contribution in [1.82, 2.24) is 5.43 Å². The third-order valence-electron chi connectivity index (χ3n) is 3.22. The van der Waals surface area contributed by atoms with E-state index in [1.165, 1.54) is 11.1 Å². The van der Waals surface area contributed by atoms with E-state index in [4.69, 9.17) is 5.73 Å². The van der Waals surface area contributed by atoms with Gasteiger partial charge in [0.25, 0.3) is 0 Å². The quantitative estimate of drug-likeness (QED) is 0.594. The summed E-state index contributed by atoms with van der Waals surface area (Å²) in [6.45, 7) is 1.93. The highest BCUT2D eigenvalue weighted by Crippen LogP contribution is 2.32. The molecule has 4 nitrogen and oxygen atoms in total. The van der Waals surface area contributed by atoms with Gasteiger partial charge >= 0.3 is 6.03 Å². The number of urea groups is 1. The fraction of sp³-hybridized carbons (Fsp3) is 0.385. The van der Waals surface area contributed by atoms with Crippen molar-refractivity contribution in [2.24, 2.45) is 10.8 Å². The predicted octanol–water partition coefficient (Wildman–Crippen LogP) is 2.15. The Kier molecular flexibility index (Phi) is 3.42. The smallest absolute Gasteiger partial charge is 0.332 e. The Labute approximate surface area is 101 Å². The fourth-order valence-electron chi connectivity index (χ4n) is 2.41. The molecule has 2 rings (SSSR count). The highest BCUT2D eigenvalue weighted by Gasteiger charge is 2.22. The number of hydrazone groups is 1. The van der Waals surface area contributed by atoms with Crippen LogP contribution >= 0.6 is 0 Å². The molecular weight excluding hydrogens is 214 g/mol. The predicted molar refractivity (Wildman–Crippen MR) is 67.9 cm³/mol. The second kappa shape index (κ2) is 4.99. The lowest BCUT2D eigenvalue weighted by molar-refractivity contribution is 0.249. The van der Waals surface area contributed by atoms with E-state index in [0.29, 0.717) is 5.92 Å². The number of benzene rings is 1. The zero-order valence-electron chi connectivity index (χ0n) is 9.94. The van der Waals surface area contributed by atoms with Crippen LogP contribution < -0.4 is 11.2 Å². The minimum atomic E-state index is -0.617. The van der Waals surface area contributed by atoms with Gasteiger partial charge in [-0.25, -0.2) is 10.2 Å². The van der Waals surface area contributed by atoms with Crippen molar-refractivity contribution in [2.45, 2.75) is 32.1 Å². The number of aryl methyl sites for hydroxylation is 1. The van der Waals surface area contributed by atoms with Gasteiger partial charge in [-0.3, -0.25) is 0 Å². The molecule has 1 aromatic rings. The fourth-order valence-corrected chi connectivity index (χ4v) is 2.41. The zero-order chi connectivity index (χ0) is 12.3. The molecule has 0 bridgehead atoms. The van der Waals surface area contributed by atoms with E-state index in [1.807, 2.05) is 13.0 Å². The highest BCUT2D eigenvalue weighted by molar-refractivity contribution is 5.90. The van der Waals surface area contributed by atoms with E-state index in [-0.39, 0.29) is 0 Å². The van der Waals surface area contributed by atoms with Crippen LogP contribution in [0.2, 0.25) is 0 Å². The van der Waals surface area contributed by atoms with E-state index >= 15 is 0 Å². The average molecular weight is 231 g/mol. The molecule has 0 saturated carbocycles. The molecule has 3 N–H and O–H groups in total. The summed E-state index contributed by atoms with van der Waals surface area (Å²) in [5, 5.41) is 4.04. The van der Waals surface area contributed by atoms with Gasteiger partial charge in [0.15, 0.2) is 0 Å². The van der Waals surface area contributed by atoms with Crippen LogP contribution in [0.4, 0.5) is 4.79 Å². The van der Waals surface area contributed by atoms with Crippen LogP contribution in [0.3, 0.4) is 0 Å². The van der Waals surface area contributed by atoms with E-state index < -0.39 is 6.03 Å². The standard InChI is InChI=1S/C13H17N3O/c1-9(15-16-13(14)17)11-8-4-6-10-5-2-3-7-12(10)11/h2-3,5,7,11H,4,6,8H2,1H3,(H3,14,16,17)/b15-9+/t11-/m1/s1. The maximum absolute atomic E-state index is 10.6. The topological polar surface area (TPSA) is 67.5 Å². The molecule has 0 fully saturated rings. The minimum absolute atomic E-state index is 0.298. The van der Waals surface area contributed by atoms with Gasteiger partial charge in [0, 0.05) is 11.6 Å². The summed E-state index contributed by atoms with van der Waals surface area (Å²) in [7, 11) is 0. The summed E-state index contributed by atoms with van der Waals surface area (Å²) in [6, 6.07) is 7.80. The lowest BCUT2D eigenvalue weighted by atomic mass is 9.80. The number of hydrogen-bond donors (Lipinski definition) is 2. The normalized spacial score (nSPS) is 19.6. The summed E-state index contributed by atoms with van der Waals surface area (Å²) >= 11 is 0.